The van der Waals surface area contributed by atoms with Gasteiger partial charge in [-0.05, 0) is 68.0 Å². The molecule has 0 aromatic heterocycles. The van der Waals surface area contributed by atoms with Crippen LogP contribution in [0.5, 0.6) is 0 Å². The van der Waals surface area contributed by atoms with Crippen LogP contribution in [0.4, 0.5) is 5.69 Å². The number of benzene rings is 1. The van der Waals surface area contributed by atoms with Gasteiger partial charge >= 0.3 is 7.12 Å². The third-order valence-electron chi connectivity index (χ3n) is 6.59. The van der Waals surface area contributed by atoms with E-state index in [1.54, 1.807) is 0 Å². The van der Waals surface area contributed by atoms with Gasteiger partial charge in [-0.25, -0.2) is 0 Å². The molecule has 0 atom stereocenters. The van der Waals surface area contributed by atoms with Gasteiger partial charge in [0.2, 0.25) is 0 Å². The second-order valence-electron chi connectivity index (χ2n) is 9.84. The summed E-state index contributed by atoms with van der Waals surface area (Å²) in [6.45, 7) is 20.3. The summed E-state index contributed by atoms with van der Waals surface area (Å²) < 4.78 is 19.0. The quantitative estimate of drug-likeness (QED) is 0.555. The van der Waals surface area contributed by atoms with Crippen LogP contribution in [0.15, 0.2) is 18.2 Å². The van der Waals surface area contributed by atoms with E-state index >= 15 is 0 Å². The number of nitrogens with two attached hydrogens (primary N) is 1. The first-order valence-electron chi connectivity index (χ1n) is 10.2. The van der Waals surface area contributed by atoms with Crippen LogP contribution in [-0.2, 0) is 20.3 Å². The van der Waals surface area contributed by atoms with Crippen LogP contribution < -0.4 is 11.2 Å². The predicted octanol–water partition coefficient (Wildman–Crippen LogP) is 4.87. The third kappa shape index (κ3) is 4.44. The largest absolute Gasteiger partial charge is 0.494 e. The summed E-state index contributed by atoms with van der Waals surface area (Å²) in [6.07, 6.45) is 0. The highest BCUT2D eigenvalue weighted by Crippen LogP contribution is 2.42. The maximum atomic E-state index is 6.63. The van der Waals surface area contributed by atoms with Gasteiger partial charge in [0.05, 0.1) is 17.8 Å². The molecule has 0 aliphatic carbocycles. The van der Waals surface area contributed by atoms with E-state index in [1.165, 1.54) is 0 Å². The van der Waals surface area contributed by atoms with Gasteiger partial charge in [-0.3, -0.25) is 0 Å². The van der Waals surface area contributed by atoms with E-state index in [2.05, 4.69) is 68.4 Å². The van der Waals surface area contributed by atoms with Crippen LogP contribution in [-0.4, -0.2) is 26.6 Å². The second-order valence-corrected chi connectivity index (χ2v) is 15.0. The molecule has 1 fully saturated rings. The maximum absolute atomic E-state index is 6.63. The predicted molar refractivity (Wildman–Crippen MR) is 118 cm³/mol. The molecule has 0 spiro atoms. The Morgan fingerprint density at radius 3 is 1.96 bits per heavy atom. The van der Waals surface area contributed by atoms with E-state index in [9.17, 15) is 0 Å². The molecule has 2 N–H and O–H groups in total. The molecule has 2 rings (SSSR count). The number of hydrogen-bond donors (Lipinski definition) is 1. The second kappa shape index (κ2) is 7.54. The fourth-order valence-corrected chi connectivity index (χ4v) is 7.80. The molecule has 6 heteroatoms. The van der Waals surface area contributed by atoms with Gasteiger partial charge in [0.25, 0.3) is 0 Å². The molecule has 0 unspecified atom stereocenters. The van der Waals surface area contributed by atoms with Crippen molar-refractivity contribution in [3.8, 4) is 0 Å². The average molecular weight is 391 g/mol. The summed E-state index contributed by atoms with van der Waals surface area (Å²) in [4.78, 5) is 0. The van der Waals surface area contributed by atoms with Crippen molar-refractivity contribution < 1.29 is 13.7 Å². The van der Waals surface area contributed by atoms with Crippen molar-refractivity contribution in [2.75, 3.05) is 5.73 Å². The van der Waals surface area contributed by atoms with Gasteiger partial charge in [0.1, 0.15) is 0 Å². The number of anilines is 1. The molecule has 27 heavy (non-hydrogen) atoms. The van der Waals surface area contributed by atoms with Crippen molar-refractivity contribution in [2.24, 2.45) is 0 Å². The zero-order valence-corrected chi connectivity index (χ0v) is 19.7. The van der Waals surface area contributed by atoms with Crippen molar-refractivity contribution in [3.05, 3.63) is 23.8 Å². The molecule has 1 aliphatic rings. The van der Waals surface area contributed by atoms with Crippen molar-refractivity contribution in [1.29, 1.82) is 0 Å². The van der Waals surface area contributed by atoms with Crippen LogP contribution >= 0.6 is 0 Å². The smallest absolute Gasteiger partial charge is 0.412 e. The van der Waals surface area contributed by atoms with Crippen LogP contribution in [0, 0.1) is 0 Å². The number of rotatable bonds is 6. The van der Waals surface area contributed by atoms with Crippen LogP contribution in [0.3, 0.4) is 0 Å². The van der Waals surface area contributed by atoms with Gasteiger partial charge in [-0.15, -0.1) is 0 Å². The molecule has 1 saturated heterocycles. The number of nitrogen functional groups attached to an aromatic ring is 1. The van der Waals surface area contributed by atoms with Crippen molar-refractivity contribution in [1.82, 2.24) is 0 Å². The fraction of sp³-hybridized carbons (Fsp3) is 0.714. The van der Waals surface area contributed by atoms with Crippen molar-refractivity contribution in [3.63, 3.8) is 0 Å². The van der Waals surface area contributed by atoms with Crippen LogP contribution in [0.25, 0.3) is 0 Å². The van der Waals surface area contributed by atoms with Crippen LogP contribution in [0.1, 0.15) is 67.9 Å². The molecule has 1 aliphatic heterocycles. The summed E-state index contributed by atoms with van der Waals surface area (Å²) in [5, 5.41) is 0.200. The van der Waals surface area contributed by atoms with E-state index in [4.69, 9.17) is 19.5 Å². The topological polar surface area (TPSA) is 53.7 Å². The lowest BCUT2D eigenvalue weighted by Crippen LogP contribution is -2.45. The molecule has 0 saturated carbocycles. The highest BCUT2D eigenvalue weighted by Gasteiger charge is 2.51. The molecule has 152 valence electrons. The Balaban J connectivity index is 2.24. The normalized spacial score (nSPS) is 19.5. The minimum Gasteiger partial charge on any atom is -0.412 e. The van der Waals surface area contributed by atoms with Crippen molar-refractivity contribution >= 4 is 26.6 Å². The lowest BCUT2D eigenvalue weighted by atomic mass is 9.78. The molecule has 0 radical (unpaired) electrons. The van der Waals surface area contributed by atoms with E-state index in [0.717, 1.165) is 28.8 Å². The van der Waals surface area contributed by atoms with E-state index in [0.29, 0.717) is 6.61 Å². The molecule has 4 nitrogen and oxygen atoms in total. The van der Waals surface area contributed by atoms with Gasteiger partial charge in [0, 0.05) is 5.69 Å². The molecular formula is C21H38BNO3Si. The average Bonchev–Trinajstić information content (AvgIpc) is 2.75. The zero-order chi connectivity index (χ0) is 20.7. The third-order valence-corrected chi connectivity index (χ3v) is 12.3. The highest BCUT2D eigenvalue weighted by atomic mass is 28.4. The Morgan fingerprint density at radius 1 is 1.00 bits per heavy atom. The van der Waals surface area contributed by atoms with E-state index < -0.39 is 15.4 Å². The summed E-state index contributed by atoms with van der Waals surface area (Å²) in [5.41, 5.74) is 8.24. The van der Waals surface area contributed by atoms with E-state index in [-0.39, 0.29) is 16.2 Å². The van der Waals surface area contributed by atoms with Gasteiger partial charge in [0.15, 0.2) is 8.32 Å². The number of hydrogen-bond acceptors (Lipinski definition) is 4. The molecule has 1 aromatic carbocycles. The van der Waals surface area contributed by atoms with E-state index in [1.807, 2.05) is 12.1 Å². The Hall–Kier alpha value is -0.818. The lowest BCUT2D eigenvalue weighted by Gasteiger charge is -2.41. The first-order valence-corrected chi connectivity index (χ1v) is 12.5. The summed E-state index contributed by atoms with van der Waals surface area (Å²) >= 11 is 0. The SMILES string of the molecule is CC[Si](CC)(OCc1cc(N)cc(B2OC(C)(C)C(C)(C)O2)c1)C(C)(C)C. The summed E-state index contributed by atoms with van der Waals surface area (Å²) in [7, 11) is -2.25. The first-order chi connectivity index (χ1) is 12.3. The van der Waals surface area contributed by atoms with Crippen LogP contribution in [0.2, 0.25) is 17.1 Å². The fourth-order valence-electron chi connectivity index (χ4n) is 3.90. The molecule has 0 bridgehead atoms. The Bertz CT molecular complexity index is 650. The molecule has 1 aromatic rings. The Morgan fingerprint density at radius 2 is 1.52 bits per heavy atom. The molecule has 0 amide bonds. The lowest BCUT2D eigenvalue weighted by molar-refractivity contribution is 0.00578. The van der Waals surface area contributed by atoms with Gasteiger partial charge in [-0.2, -0.15) is 0 Å². The standard InChI is InChI=1S/C21H38BNO3Si/c1-10-27(11-2,19(3,4)5)24-15-16-12-17(14-18(23)13-16)22-25-20(6,7)21(8,9)26-22/h12-14H,10-11,15,23H2,1-9H3. The van der Waals surface area contributed by atoms with Gasteiger partial charge in [-0.1, -0.05) is 40.7 Å². The maximum Gasteiger partial charge on any atom is 0.494 e. The Labute approximate surface area is 167 Å². The van der Waals surface area contributed by atoms with Crippen molar-refractivity contribution in [2.45, 2.75) is 97.2 Å². The zero-order valence-electron chi connectivity index (χ0n) is 18.7. The first kappa shape index (κ1) is 22.5. The monoisotopic (exact) mass is 391 g/mol. The minimum absolute atomic E-state index is 0.200. The summed E-state index contributed by atoms with van der Waals surface area (Å²) in [5.74, 6) is 0. The summed E-state index contributed by atoms with van der Waals surface area (Å²) in [6, 6.07) is 8.28. The minimum atomic E-state index is -1.84. The molecular weight excluding hydrogens is 353 g/mol. The highest BCUT2D eigenvalue weighted by molar-refractivity contribution is 6.76. The Kier molecular flexibility index (Phi) is 6.28. The van der Waals surface area contributed by atoms with Gasteiger partial charge < -0.3 is 19.5 Å². The molecule has 1 heterocycles.